The third-order valence-electron chi connectivity index (χ3n) is 4.55. The molecule has 124 valence electrons. The van der Waals surface area contributed by atoms with Crippen LogP contribution in [0.3, 0.4) is 0 Å². The van der Waals surface area contributed by atoms with Crippen molar-refractivity contribution in [2.24, 2.45) is 11.8 Å². The molecule has 2 heterocycles. The maximum atomic E-state index is 12.4. The van der Waals surface area contributed by atoms with Gasteiger partial charge in [-0.1, -0.05) is 0 Å². The Bertz CT molecular complexity index is 581. The predicted octanol–water partition coefficient (Wildman–Crippen LogP) is 1.73. The van der Waals surface area contributed by atoms with E-state index in [2.05, 4.69) is 10.3 Å². The van der Waals surface area contributed by atoms with E-state index in [4.69, 9.17) is 0 Å². The third-order valence-corrected chi connectivity index (χ3v) is 4.55. The molecule has 23 heavy (non-hydrogen) atoms. The van der Waals surface area contributed by atoms with Gasteiger partial charge in [0, 0.05) is 33.1 Å². The van der Waals surface area contributed by atoms with Crippen molar-refractivity contribution in [3.8, 4) is 0 Å². The molecule has 2 fully saturated rings. The molecule has 1 aromatic heterocycles. The van der Waals surface area contributed by atoms with Crippen molar-refractivity contribution in [1.29, 1.82) is 0 Å². The van der Waals surface area contributed by atoms with E-state index >= 15 is 0 Å². The number of hydrogen-bond donors (Lipinski definition) is 1. The van der Waals surface area contributed by atoms with Gasteiger partial charge >= 0.3 is 0 Å². The second-order valence-corrected chi connectivity index (χ2v) is 6.68. The molecule has 2 aliphatic rings. The summed E-state index contributed by atoms with van der Waals surface area (Å²) in [5, 5.41) is 2.88. The van der Waals surface area contributed by atoms with Gasteiger partial charge in [0.25, 0.3) is 0 Å². The molecule has 1 saturated heterocycles. The molecule has 1 N–H and O–H groups in total. The minimum atomic E-state index is -0.137. The first-order chi connectivity index (χ1) is 11.0. The fraction of sp³-hybridized carbons (Fsp3) is 0.588. The molecule has 3 rings (SSSR count). The van der Waals surface area contributed by atoms with Crippen molar-refractivity contribution in [2.45, 2.75) is 25.7 Å². The van der Waals surface area contributed by atoms with Crippen LogP contribution in [0.15, 0.2) is 18.3 Å². The lowest BCUT2D eigenvalue weighted by Gasteiger charge is -2.32. The molecule has 2 amide bonds. The average molecular weight is 316 g/mol. The van der Waals surface area contributed by atoms with E-state index in [9.17, 15) is 9.59 Å². The molecule has 0 spiro atoms. The van der Waals surface area contributed by atoms with Gasteiger partial charge in [-0.15, -0.1) is 0 Å². The zero-order valence-electron chi connectivity index (χ0n) is 13.8. The Morgan fingerprint density at radius 3 is 2.61 bits per heavy atom. The topological polar surface area (TPSA) is 65.5 Å². The molecule has 0 unspecified atom stereocenters. The number of carbonyl (C=O) groups is 2. The first-order valence-electron chi connectivity index (χ1n) is 8.27. The number of amides is 2. The van der Waals surface area contributed by atoms with Crippen molar-refractivity contribution < 1.29 is 9.59 Å². The fourth-order valence-corrected chi connectivity index (χ4v) is 2.93. The molecule has 1 aliphatic carbocycles. The summed E-state index contributed by atoms with van der Waals surface area (Å²) in [6.07, 6.45) is 5.47. The quantitative estimate of drug-likeness (QED) is 0.919. The zero-order valence-corrected chi connectivity index (χ0v) is 13.8. The lowest BCUT2D eigenvalue weighted by Crippen LogP contribution is -2.44. The van der Waals surface area contributed by atoms with E-state index in [1.165, 1.54) is 0 Å². The van der Waals surface area contributed by atoms with Crippen LogP contribution < -0.4 is 10.2 Å². The highest BCUT2D eigenvalue weighted by Crippen LogP contribution is 2.32. The number of carbonyl (C=O) groups excluding carboxylic acids is 2. The molecule has 6 heteroatoms. The van der Waals surface area contributed by atoms with Crippen LogP contribution in [0, 0.1) is 11.8 Å². The molecule has 1 aromatic rings. The number of hydrogen-bond acceptors (Lipinski definition) is 4. The van der Waals surface area contributed by atoms with E-state index < -0.39 is 0 Å². The third kappa shape index (κ3) is 3.81. The van der Waals surface area contributed by atoms with Crippen molar-refractivity contribution in [2.75, 3.05) is 37.4 Å². The van der Waals surface area contributed by atoms with Crippen LogP contribution in [-0.4, -0.2) is 48.9 Å². The number of anilines is 2. The van der Waals surface area contributed by atoms with Crippen LogP contribution in [0.25, 0.3) is 0 Å². The predicted molar refractivity (Wildman–Crippen MR) is 89.2 cm³/mol. The van der Waals surface area contributed by atoms with E-state index in [1.54, 1.807) is 6.20 Å². The molecular weight excluding hydrogens is 292 g/mol. The number of aromatic nitrogens is 1. The molecule has 0 radical (unpaired) electrons. The Balaban J connectivity index is 1.57. The van der Waals surface area contributed by atoms with Gasteiger partial charge in [-0.2, -0.15) is 0 Å². The van der Waals surface area contributed by atoms with Crippen molar-refractivity contribution in [3.63, 3.8) is 0 Å². The van der Waals surface area contributed by atoms with Crippen molar-refractivity contribution >= 4 is 23.3 Å². The maximum Gasteiger partial charge on any atom is 0.230 e. The van der Waals surface area contributed by atoms with Crippen LogP contribution in [0.2, 0.25) is 0 Å². The minimum Gasteiger partial charge on any atom is -0.376 e. The molecule has 0 bridgehead atoms. The van der Waals surface area contributed by atoms with Gasteiger partial charge < -0.3 is 15.1 Å². The number of pyridine rings is 1. The summed E-state index contributed by atoms with van der Waals surface area (Å²) in [6.45, 7) is 1.33. The molecule has 1 aliphatic heterocycles. The summed E-state index contributed by atoms with van der Waals surface area (Å²) in [5.41, 5.74) is 0.988. The number of nitrogens with one attached hydrogen (secondary N) is 1. The molecule has 1 atom stereocenters. The first-order valence-corrected chi connectivity index (χ1v) is 8.27. The van der Waals surface area contributed by atoms with Gasteiger partial charge in [-0.25, -0.2) is 4.98 Å². The maximum absolute atomic E-state index is 12.4. The van der Waals surface area contributed by atoms with Gasteiger partial charge in [0.15, 0.2) is 0 Å². The van der Waals surface area contributed by atoms with Crippen LogP contribution in [0.1, 0.15) is 25.7 Å². The van der Waals surface area contributed by atoms with E-state index in [0.717, 1.165) is 37.9 Å². The van der Waals surface area contributed by atoms with Gasteiger partial charge in [0.1, 0.15) is 5.82 Å². The molecule has 6 nitrogen and oxygen atoms in total. The summed E-state index contributed by atoms with van der Waals surface area (Å²) in [6, 6.07) is 3.73. The summed E-state index contributed by atoms with van der Waals surface area (Å²) < 4.78 is 0. The van der Waals surface area contributed by atoms with Gasteiger partial charge in [0.2, 0.25) is 11.8 Å². The number of nitrogens with zero attached hydrogens (tertiary/aromatic N) is 3. The molecule has 0 aromatic carbocycles. The normalized spacial score (nSPS) is 21.0. The Kier molecular flexibility index (Phi) is 4.50. The standard InChI is InChI=1S/C17H24N4O2/c1-20(2)14-7-8-15(18-10-14)19-16(22)13-4-3-9-21(11-13)17(23)12-5-6-12/h7-8,10,12-13H,3-6,9,11H2,1-2H3,(H,18,19,22)/t13-/m0/s1. The smallest absolute Gasteiger partial charge is 0.230 e. The number of piperidine rings is 1. The Morgan fingerprint density at radius 1 is 1.22 bits per heavy atom. The highest BCUT2D eigenvalue weighted by Gasteiger charge is 2.36. The second-order valence-electron chi connectivity index (χ2n) is 6.68. The van der Waals surface area contributed by atoms with Crippen LogP contribution in [0.5, 0.6) is 0 Å². The monoisotopic (exact) mass is 316 g/mol. The zero-order chi connectivity index (χ0) is 16.4. The van der Waals surface area contributed by atoms with Gasteiger partial charge in [-0.3, -0.25) is 9.59 Å². The lowest BCUT2D eigenvalue weighted by molar-refractivity contribution is -0.135. The SMILES string of the molecule is CN(C)c1ccc(NC(=O)[C@H]2CCCN(C(=O)C3CC3)C2)nc1. The van der Waals surface area contributed by atoms with Crippen molar-refractivity contribution in [3.05, 3.63) is 18.3 Å². The molecule has 1 saturated carbocycles. The van der Waals surface area contributed by atoms with E-state index in [-0.39, 0.29) is 23.7 Å². The van der Waals surface area contributed by atoms with Gasteiger partial charge in [-0.05, 0) is 37.8 Å². The van der Waals surface area contributed by atoms with Crippen LogP contribution >= 0.6 is 0 Å². The minimum absolute atomic E-state index is 0.0385. The number of likely N-dealkylation sites (tertiary alicyclic amines) is 1. The Labute approximate surface area is 136 Å². The Morgan fingerprint density at radius 2 is 2.00 bits per heavy atom. The van der Waals surface area contributed by atoms with Crippen molar-refractivity contribution in [1.82, 2.24) is 9.88 Å². The van der Waals surface area contributed by atoms with Crippen LogP contribution in [-0.2, 0) is 9.59 Å². The van der Waals surface area contributed by atoms with Crippen LogP contribution in [0.4, 0.5) is 11.5 Å². The van der Waals surface area contributed by atoms with Gasteiger partial charge in [0.05, 0.1) is 17.8 Å². The highest BCUT2D eigenvalue weighted by molar-refractivity contribution is 5.92. The largest absolute Gasteiger partial charge is 0.376 e. The summed E-state index contributed by atoms with van der Waals surface area (Å²) in [7, 11) is 3.89. The van der Waals surface area contributed by atoms with E-state index in [0.29, 0.717) is 12.4 Å². The first kappa shape index (κ1) is 15.8. The summed E-state index contributed by atoms with van der Waals surface area (Å²) >= 11 is 0. The average Bonchev–Trinajstić information content (AvgIpc) is 3.39. The highest BCUT2D eigenvalue weighted by atomic mass is 16.2. The molecular formula is C17H24N4O2. The Hall–Kier alpha value is -2.11. The summed E-state index contributed by atoms with van der Waals surface area (Å²) in [5.74, 6) is 0.837. The van der Waals surface area contributed by atoms with E-state index in [1.807, 2.05) is 36.0 Å². The number of rotatable bonds is 4. The second kappa shape index (κ2) is 6.56. The summed E-state index contributed by atoms with van der Waals surface area (Å²) in [4.78, 5) is 32.7. The lowest BCUT2D eigenvalue weighted by atomic mass is 9.96. The fourth-order valence-electron chi connectivity index (χ4n) is 2.93.